The van der Waals surface area contributed by atoms with Gasteiger partial charge in [-0.25, -0.2) is 17.5 Å². The first-order valence-corrected chi connectivity index (χ1v) is 10.2. The minimum atomic E-state index is -3.04. The summed E-state index contributed by atoms with van der Waals surface area (Å²) in [6.45, 7) is 0. The molecule has 0 spiro atoms. The lowest BCUT2D eigenvalue weighted by Gasteiger charge is -2.10. The highest BCUT2D eigenvalue weighted by Crippen LogP contribution is 2.22. The van der Waals surface area contributed by atoms with Crippen molar-refractivity contribution < 1.29 is 17.6 Å². The number of aromatic nitrogens is 3. The number of nitrogen functional groups attached to an aromatic ring is 1. The smallest absolute Gasteiger partial charge is 0.230 e. The summed E-state index contributed by atoms with van der Waals surface area (Å²) in [5.74, 6) is 5.56. The van der Waals surface area contributed by atoms with Crippen LogP contribution in [0.3, 0.4) is 0 Å². The average molecular weight is 385 g/mol. The molecule has 0 aliphatic carbocycles. The van der Waals surface area contributed by atoms with E-state index in [0.717, 1.165) is 11.8 Å². The van der Waals surface area contributed by atoms with E-state index in [2.05, 4.69) is 15.5 Å². The normalized spacial score (nSPS) is 19.0. The van der Waals surface area contributed by atoms with Crippen LogP contribution in [0.15, 0.2) is 29.4 Å². The van der Waals surface area contributed by atoms with Crippen LogP contribution >= 0.6 is 11.8 Å². The zero-order valence-corrected chi connectivity index (χ0v) is 14.7. The van der Waals surface area contributed by atoms with Crippen molar-refractivity contribution in [1.82, 2.24) is 20.2 Å². The van der Waals surface area contributed by atoms with Gasteiger partial charge in [-0.3, -0.25) is 4.79 Å². The Labute approximate surface area is 147 Å². The standard InChI is InChI=1S/C14H16FN5O3S2/c15-10-3-1-2-9(6-10)13-18-19-14(20(13)16)24-7-12(21)17-11-4-5-25(22,23)8-11/h1-3,6,11H,4-5,7-8,16H2,(H,17,21)/t11-/m0/s1. The van der Waals surface area contributed by atoms with E-state index in [-0.39, 0.29) is 35.0 Å². The third-order valence-corrected chi connectivity index (χ3v) is 6.39. The van der Waals surface area contributed by atoms with E-state index in [1.54, 1.807) is 6.07 Å². The number of sulfone groups is 1. The summed E-state index contributed by atoms with van der Waals surface area (Å²) in [5.41, 5.74) is 0.475. The average Bonchev–Trinajstić information content (AvgIpc) is 3.07. The van der Waals surface area contributed by atoms with Crippen LogP contribution in [0, 0.1) is 5.82 Å². The quantitative estimate of drug-likeness (QED) is 0.557. The maximum atomic E-state index is 13.3. The van der Waals surface area contributed by atoms with Crippen LogP contribution in [0.5, 0.6) is 0 Å². The number of nitrogens with two attached hydrogens (primary N) is 1. The van der Waals surface area contributed by atoms with Gasteiger partial charge in [0.05, 0.1) is 17.3 Å². The molecule has 1 atom stereocenters. The number of carbonyl (C=O) groups excluding carboxylic acids is 1. The molecule has 1 aliphatic heterocycles. The summed E-state index contributed by atoms with van der Waals surface area (Å²) in [5, 5.41) is 10.8. The number of hydrogen-bond acceptors (Lipinski definition) is 7. The number of rotatable bonds is 5. The second-order valence-corrected chi connectivity index (χ2v) is 8.81. The second-order valence-electron chi connectivity index (χ2n) is 5.64. The summed E-state index contributed by atoms with van der Waals surface area (Å²) in [4.78, 5) is 11.9. The molecule has 1 aliphatic rings. The van der Waals surface area contributed by atoms with E-state index in [0.29, 0.717) is 17.1 Å². The van der Waals surface area contributed by atoms with Gasteiger partial charge in [0.25, 0.3) is 0 Å². The van der Waals surface area contributed by atoms with Gasteiger partial charge in [0, 0.05) is 11.6 Å². The first kappa shape index (κ1) is 17.7. The molecule has 1 amide bonds. The molecule has 0 saturated carbocycles. The Bertz CT molecular complexity index is 900. The molecule has 1 saturated heterocycles. The molecule has 2 heterocycles. The molecule has 3 N–H and O–H groups in total. The lowest BCUT2D eigenvalue weighted by molar-refractivity contribution is -0.119. The van der Waals surface area contributed by atoms with Crippen molar-refractivity contribution in [2.75, 3.05) is 23.1 Å². The third-order valence-electron chi connectivity index (χ3n) is 3.68. The van der Waals surface area contributed by atoms with Gasteiger partial charge in [-0.2, -0.15) is 0 Å². The third kappa shape index (κ3) is 4.28. The molecule has 8 nitrogen and oxygen atoms in total. The number of carbonyl (C=O) groups is 1. The summed E-state index contributed by atoms with van der Waals surface area (Å²) in [6.07, 6.45) is 0.426. The van der Waals surface area contributed by atoms with Crippen LogP contribution in [-0.4, -0.2) is 52.5 Å². The van der Waals surface area contributed by atoms with Crippen LogP contribution in [0.4, 0.5) is 4.39 Å². The number of hydrogen-bond donors (Lipinski definition) is 2. The Balaban J connectivity index is 1.60. The van der Waals surface area contributed by atoms with Crippen molar-refractivity contribution in [1.29, 1.82) is 0 Å². The van der Waals surface area contributed by atoms with Gasteiger partial charge in [0.1, 0.15) is 5.82 Å². The Morgan fingerprint density at radius 3 is 2.92 bits per heavy atom. The maximum Gasteiger partial charge on any atom is 0.230 e. The van der Waals surface area contributed by atoms with Gasteiger partial charge >= 0.3 is 0 Å². The molecule has 1 aromatic carbocycles. The van der Waals surface area contributed by atoms with Gasteiger partial charge in [-0.15, -0.1) is 10.2 Å². The van der Waals surface area contributed by atoms with Gasteiger partial charge in [-0.05, 0) is 18.6 Å². The number of amides is 1. The van der Waals surface area contributed by atoms with E-state index < -0.39 is 15.7 Å². The first-order valence-electron chi connectivity index (χ1n) is 7.43. The van der Waals surface area contributed by atoms with Crippen LogP contribution < -0.4 is 11.2 Å². The minimum absolute atomic E-state index is 0.0228. The Hall–Kier alpha value is -2.14. The van der Waals surface area contributed by atoms with Crippen molar-refractivity contribution >= 4 is 27.5 Å². The maximum absolute atomic E-state index is 13.3. The number of thioether (sulfide) groups is 1. The fourth-order valence-electron chi connectivity index (χ4n) is 2.51. The van der Waals surface area contributed by atoms with Gasteiger partial charge < -0.3 is 11.2 Å². The SMILES string of the molecule is Nn1c(SCC(=O)N[C@H]2CCS(=O)(=O)C2)nnc1-c1cccc(F)c1. The van der Waals surface area contributed by atoms with E-state index >= 15 is 0 Å². The lowest BCUT2D eigenvalue weighted by atomic mass is 10.2. The Morgan fingerprint density at radius 1 is 1.44 bits per heavy atom. The summed E-state index contributed by atoms with van der Waals surface area (Å²) in [7, 11) is -3.04. The summed E-state index contributed by atoms with van der Waals surface area (Å²) in [6, 6.07) is 5.43. The molecule has 25 heavy (non-hydrogen) atoms. The fraction of sp³-hybridized carbons (Fsp3) is 0.357. The molecule has 1 fully saturated rings. The zero-order chi connectivity index (χ0) is 18.0. The number of halogens is 1. The van der Waals surface area contributed by atoms with Crippen molar-refractivity contribution in [2.24, 2.45) is 0 Å². The van der Waals surface area contributed by atoms with Crippen molar-refractivity contribution in [3.05, 3.63) is 30.1 Å². The van der Waals surface area contributed by atoms with Crippen molar-refractivity contribution in [3.8, 4) is 11.4 Å². The molecule has 11 heteroatoms. The highest BCUT2D eigenvalue weighted by Gasteiger charge is 2.28. The van der Waals surface area contributed by atoms with E-state index in [1.807, 2.05) is 0 Å². The topological polar surface area (TPSA) is 120 Å². The van der Waals surface area contributed by atoms with Gasteiger partial charge in [0.15, 0.2) is 15.7 Å². The van der Waals surface area contributed by atoms with Crippen LogP contribution in [0.25, 0.3) is 11.4 Å². The summed E-state index contributed by atoms with van der Waals surface area (Å²) < 4.78 is 37.3. The number of nitrogens with zero attached hydrogens (tertiary/aromatic N) is 3. The molecular weight excluding hydrogens is 369 g/mol. The van der Waals surface area contributed by atoms with Gasteiger partial charge in [0.2, 0.25) is 11.1 Å². The molecule has 0 bridgehead atoms. The first-order chi connectivity index (χ1) is 11.8. The number of nitrogens with one attached hydrogen (secondary N) is 1. The van der Waals surface area contributed by atoms with Crippen LogP contribution in [0.1, 0.15) is 6.42 Å². The molecule has 0 radical (unpaired) electrons. The second kappa shape index (κ2) is 7.00. The van der Waals surface area contributed by atoms with E-state index in [9.17, 15) is 17.6 Å². The molecule has 2 aromatic rings. The molecule has 0 unspecified atom stereocenters. The van der Waals surface area contributed by atoms with E-state index in [1.165, 1.54) is 22.9 Å². The Morgan fingerprint density at radius 2 is 2.24 bits per heavy atom. The van der Waals surface area contributed by atoms with E-state index in [4.69, 9.17) is 5.84 Å². The highest BCUT2D eigenvalue weighted by molar-refractivity contribution is 7.99. The summed E-state index contributed by atoms with van der Waals surface area (Å²) >= 11 is 1.07. The molecule has 134 valence electrons. The van der Waals surface area contributed by atoms with Crippen molar-refractivity contribution in [3.63, 3.8) is 0 Å². The highest BCUT2D eigenvalue weighted by atomic mass is 32.2. The van der Waals surface area contributed by atoms with Crippen LogP contribution in [0.2, 0.25) is 0 Å². The van der Waals surface area contributed by atoms with Crippen LogP contribution in [-0.2, 0) is 14.6 Å². The predicted octanol–water partition coefficient (Wildman–Crippen LogP) is 0.193. The van der Waals surface area contributed by atoms with Crippen molar-refractivity contribution in [2.45, 2.75) is 17.6 Å². The van der Waals surface area contributed by atoms with Gasteiger partial charge in [-0.1, -0.05) is 23.9 Å². The molecule has 1 aromatic heterocycles. The fourth-order valence-corrected chi connectivity index (χ4v) is 4.85. The largest absolute Gasteiger partial charge is 0.352 e. The lowest BCUT2D eigenvalue weighted by Crippen LogP contribution is -2.36. The Kier molecular flexibility index (Phi) is 4.95. The molecular formula is C14H16FN5O3S2. The zero-order valence-electron chi connectivity index (χ0n) is 13.1. The number of benzene rings is 1. The molecule has 3 rings (SSSR count). The predicted molar refractivity (Wildman–Crippen MR) is 91.5 cm³/mol. The minimum Gasteiger partial charge on any atom is -0.352 e. The monoisotopic (exact) mass is 385 g/mol.